The zero-order valence-electron chi connectivity index (χ0n) is 15.9. The van der Waals surface area contributed by atoms with Gasteiger partial charge in [-0.1, -0.05) is 60.7 Å². The van der Waals surface area contributed by atoms with Gasteiger partial charge in [0.05, 0.1) is 0 Å². The standard InChI is InChI=1S/C23H30N2O2/c26-23(27)24-15-19-11-13-22(14-12-19)18-25(16-20-7-3-1-4-8-20)17-21-9-5-2-6-10-21/h1-10,19,22,24H,11-18H2,(H,26,27)/t19-,22-. The van der Waals surface area contributed by atoms with Crippen LogP contribution in [0, 0.1) is 11.8 Å². The highest BCUT2D eigenvalue weighted by Crippen LogP contribution is 2.29. The highest BCUT2D eigenvalue weighted by atomic mass is 16.4. The van der Waals surface area contributed by atoms with Crippen molar-refractivity contribution in [1.29, 1.82) is 0 Å². The van der Waals surface area contributed by atoms with Crippen LogP contribution in [0.5, 0.6) is 0 Å². The molecule has 1 aliphatic carbocycles. The number of carbonyl (C=O) groups is 1. The van der Waals surface area contributed by atoms with E-state index in [0.29, 0.717) is 18.4 Å². The summed E-state index contributed by atoms with van der Waals surface area (Å²) in [6.45, 7) is 3.63. The maximum absolute atomic E-state index is 10.7. The third-order valence-electron chi connectivity index (χ3n) is 5.52. The van der Waals surface area contributed by atoms with Crippen LogP contribution in [0.2, 0.25) is 0 Å². The Hall–Kier alpha value is -2.33. The summed E-state index contributed by atoms with van der Waals surface area (Å²) in [6.07, 6.45) is 3.71. The van der Waals surface area contributed by atoms with Crippen LogP contribution >= 0.6 is 0 Å². The topological polar surface area (TPSA) is 52.6 Å². The Morgan fingerprint density at radius 2 is 1.33 bits per heavy atom. The lowest BCUT2D eigenvalue weighted by molar-refractivity contribution is 0.163. The minimum Gasteiger partial charge on any atom is -0.465 e. The highest BCUT2D eigenvalue weighted by molar-refractivity contribution is 5.64. The second kappa shape index (κ2) is 10.1. The van der Waals surface area contributed by atoms with Crippen molar-refractivity contribution < 1.29 is 9.90 Å². The summed E-state index contributed by atoms with van der Waals surface area (Å²) in [5.41, 5.74) is 2.71. The van der Waals surface area contributed by atoms with Gasteiger partial charge in [-0.05, 0) is 48.6 Å². The summed E-state index contributed by atoms with van der Waals surface area (Å²) >= 11 is 0. The SMILES string of the molecule is O=C(O)NC[C@H]1CC[C@H](CN(Cc2ccccc2)Cc2ccccc2)CC1. The molecule has 4 nitrogen and oxygen atoms in total. The van der Waals surface area contributed by atoms with Gasteiger partial charge in [-0.3, -0.25) is 4.90 Å². The van der Waals surface area contributed by atoms with Crippen molar-refractivity contribution in [1.82, 2.24) is 10.2 Å². The van der Waals surface area contributed by atoms with Gasteiger partial charge in [0.2, 0.25) is 0 Å². The van der Waals surface area contributed by atoms with E-state index in [9.17, 15) is 4.79 Å². The lowest BCUT2D eigenvalue weighted by atomic mass is 9.81. The van der Waals surface area contributed by atoms with Crippen molar-refractivity contribution in [3.8, 4) is 0 Å². The molecule has 0 radical (unpaired) electrons. The van der Waals surface area contributed by atoms with E-state index in [0.717, 1.165) is 32.5 Å². The molecule has 0 aliphatic heterocycles. The van der Waals surface area contributed by atoms with Gasteiger partial charge < -0.3 is 10.4 Å². The molecule has 0 aromatic heterocycles. The third kappa shape index (κ3) is 6.72. The van der Waals surface area contributed by atoms with Crippen molar-refractivity contribution >= 4 is 6.09 Å². The second-order valence-electron chi connectivity index (χ2n) is 7.71. The monoisotopic (exact) mass is 366 g/mol. The van der Waals surface area contributed by atoms with Crippen molar-refractivity contribution in [3.63, 3.8) is 0 Å². The van der Waals surface area contributed by atoms with Crippen LogP contribution in [0.25, 0.3) is 0 Å². The van der Waals surface area contributed by atoms with Gasteiger partial charge in [0, 0.05) is 26.2 Å². The number of amides is 1. The van der Waals surface area contributed by atoms with Gasteiger partial charge in [0.25, 0.3) is 0 Å². The molecular formula is C23H30N2O2. The van der Waals surface area contributed by atoms with Crippen LogP contribution < -0.4 is 5.32 Å². The summed E-state index contributed by atoms with van der Waals surface area (Å²) in [6, 6.07) is 21.4. The Morgan fingerprint density at radius 3 is 1.81 bits per heavy atom. The summed E-state index contributed by atoms with van der Waals surface area (Å²) < 4.78 is 0. The van der Waals surface area contributed by atoms with E-state index >= 15 is 0 Å². The van der Waals surface area contributed by atoms with Crippen molar-refractivity contribution in [3.05, 3.63) is 71.8 Å². The largest absolute Gasteiger partial charge is 0.465 e. The third-order valence-corrected chi connectivity index (χ3v) is 5.52. The van der Waals surface area contributed by atoms with Crippen LogP contribution in [0.15, 0.2) is 60.7 Å². The molecule has 1 aliphatic rings. The Balaban J connectivity index is 1.56. The molecule has 2 N–H and O–H groups in total. The number of hydrogen-bond donors (Lipinski definition) is 2. The van der Waals surface area contributed by atoms with Crippen LogP contribution in [-0.2, 0) is 13.1 Å². The molecule has 2 aromatic rings. The molecule has 144 valence electrons. The number of benzene rings is 2. The zero-order chi connectivity index (χ0) is 18.9. The molecule has 27 heavy (non-hydrogen) atoms. The van der Waals surface area contributed by atoms with E-state index in [4.69, 9.17) is 5.11 Å². The minimum absolute atomic E-state index is 0.494. The van der Waals surface area contributed by atoms with Crippen LogP contribution in [0.3, 0.4) is 0 Å². The molecule has 2 aromatic carbocycles. The summed E-state index contributed by atoms with van der Waals surface area (Å²) in [7, 11) is 0. The Bertz CT molecular complexity index is 641. The van der Waals surface area contributed by atoms with Crippen LogP contribution in [0.1, 0.15) is 36.8 Å². The quantitative estimate of drug-likeness (QED) is 0.708. The van der Waals surface area contributed by atoms with E-state index in [1.165, 1.54) is 24.0 Å². The predicted molar refractivity (Wildman–Crippen MR) is 108 cm³/mol. The molecule has 4 heteroatoms. The van der Waals surface area contributed by atoms with Crippen molar-refractivity contribution in [2.75, 3.05) is 13.1 Å². The van der Waals surface area contributed by atoms with Crippen molar-refractivity contribution in [2.45, 2.75) is 38.8 Å². The number of rotatable bonds is 8. The minimum atomic E-state index is -0.908. The second-order valence-corrected chi connectivity index (χ2v) is 7.71. The van der Waals surface area contributed by atoms with Gasteiger partial charge in [-0.2, -0.15) is 0 Å². The first-order valence-corrected chi connectivity index (χ1v) is 9.96. The number of nitrogens with one attached hydrogen (secondary N) is 1. The van der Waals surface area contributed by atoms with Crippen molar-refractivity contribution in [2.24, 2.45) is 11.8 Å². The zero-order valence-corrected chi connectivity index (χ0v) is 15.9. The Labute approximate surface area is 162 Å². The first-order chi connectivity index (χ1) is 13.2. The summed E-state index contributed by atoms with van der Waals surface area (Å²) in [4.78, 5) is 13.2. The normalized spacial score (nSPS) is 19.7. The van der Waals surface area contributed by atoms with Gasteiger partial charge in [0.15, 0.2) is 0 Å². The van der Waals surface area contributed by atoms with Gasteiger partial charge in [-0.15, -0.1) is 0 Å². The fourth-order valence-corrected chi connectivity index (χ4v) is 4.08. The summed E-state index contributed by atoms with van der Waals surface area (Å²) in [5.74, 6) is 1.19. The maximum atomic E-state index is 10.7. The smallest absolute Gasteiger partial charge is 0.404 e. The number of hydrogen-bond acceptors (Lipinski definition) is 2. The molecule has 0 bridgehead atoms. The fourth-order valence-electron chi connectivity index (χ4n) is 4.08. The molecule has 0 heterocycles. The lowest BCUT2D eigenvalue weighted by Gasteiger charge is -2.33. The van der Waals surface area contributed by atoms with Crippen LogP contribution in [0.4, 0.5) is 4.79 Å². The highest BCUT2D eigenvalue weighted by Gasteiger charge is 2.23. The molecule has 0 saturated heterocycles. The molecule has 0 spiro atoms. The first kappa shape index (κ1) is 19.4. The predicted octanol–water partition coefficient (Wildman–Crippen LogP) is 4.76. The molecule has 1 fully saturated rings. The van der Waals surface area contributed by atoms with E-state index in [2.05, 4.69) is 70.9 Å². The number of carboxylic acid groups (broad SMARTS) is 1. The van der Waals surface area contributed by atoms with Gasteiger partial charge >= 0.3 is 6.09 Å². The molecule has 0 atom stereocenters. The lowest BCUT2D eigenvalue weighted by Crippen LogP contribution is -2.34. The maximum Gasteiger partial charge on any atom is 0.404 e. The Morgan fingerprint density at radius 1 is 0.852 bits per heavy atom. The molecule has 1 amide bonds. The average molecular weight is 367 g/mol. The van der Waals surface area contributed by atoms with Crippen LogP contribution in [-0.4, -0.2) is 29.2 Å². The molecule has 0 unspecified atom stereocenters. The van der Waals surface area contributed by atoms with E-state index in [-0.39, 0.29) is 0 Å². The Kier molecular flexibility index (Phi) is 7.28. The number of nitrogens with zero attached hydrogens (tertiary/aromatic N) is 1. The average Bonchev–Trinajstić information content (AvgIpc) is 2.69. The summed E-state index contributed by atoms with van der Waals surface area (Å²) in [5, 5.41) is 11.3. The molecule has 3 rings (SSSR count). The first-order valence-electron chi connectivity index (χ1n) is 9.96. The molecular weight excluding hydrogens is 336 g/mol. The van der Waals surface area contributed by atoms with E-state index in [1.54, 1.807) is 0 Å². The van der Waals surface area contributed by atoms with Gasteiger partial charge in [-0.25, -0.2) is 4.79 Å². The fraction of sp³-hybridized carbons (Fsp3) is 0.435. The van der Waals surface area contributed by atoms with E-state index in [1.807, 2.05) is 0 Å². The van der Waals surface area contributed by atoms with E-state index < -0.39 is 6.09 Å². The van der Waals surface area contributed by atoms with Gasteiger partial charge in [0.1, 0.15) is 0 Å². The molecule has 1 saturated carbocycles.